The highest BCUT2D eigenvalue weighted by Crippen LogP contribution is 2.46. The molecule has 21 heavy (non-hydrogen) atoms. The van der Waals surface area contributed by atoms with Gasteiger partial charge in [-0.05, 0) is 65.2 Å². The van der Waals surface area contributed by atoms with Crippen LogP contribution in [-0.2, 0) is 19.6 Å². The van der Waals surface area contributed by atoms with E-state index in [1.165, 1.54) is 0 Å². The molecule has 5 nitrogen and oxygen atoms in total. The number of sulfonamides is 1. The maximum Gasteiger partial charge on any atom is 0.310 e. The Morgan fingerprint density at radius 2 is 1.67 bits per heavy atom. The first kappa shape index (κ1) is 16.7. The molecule has 2 atom stereocenters. The summed E-state index contributed by atoms with van der Waals surface area (Å²) in [5, 5.41) is 0. The first-order chi connectivity index (χ1) is 9.67. The molecular weight excluding hydrogens is 290 g/mol. The fourth-order valence-electron chi connectivity index (χ4n) is 3.55. The number of nitrogens with one attached hydrogen (secondary N) is 1. The Morgan fingerprint density at radius 3 is 2.14 bits per heavy atom. The molecule has 3 fully saturated rings. The van der Waals surface area contributed by atoms with Crippen LogP contribution in [0.2, 0.25) is 0 Å². The van der Waals surface area contributed by atoms with Crippen LogP contribution in [0.15, 0.2) is 0 Å². The zero-order valence-electron chi connectivity index (χ0n) is 13.4. The maximum absolute atomic E-state index is 12.5. The first-order valence-electron chi connectivity index (χ1n) is 7.86. The third kappa shape index (κ3) is 3.26. The highest BCUT2D eigenvalue weighted by molar-refractivity contribution is 7.90. The molecule has 3 saturated carbocycles. The third-order valence-corrected chi connectivity index (χ3v) is 7.07. The topological polar surface area (TPSA) is 72.5 Å². The second-order valence-corrected chi connectivity index (χ2v) is 9.68. The van der Waals surface area contributed by atoms with Crippen LogP contribution in [0.25, 0.3) is 0 Å². The number of carbonyl (C=O) groups is 1. The van der Waals surface area contributed by atoms with Crippen LogP contribution in [0, 0.1) is 17.8 Å². The molecule has 0 aromatic heterocycles. The van der Waals surface area contributed by atoms with Crippen LogP contribution in [-0.4, -0.2) is 31.8 Å². The van der Waals surface area contributed by atoms with E-state index in [9.17, 15) is 13.2 Å². The summed E-state index contributed by atoms with van der Waals surface area (Å²) in [5.74, 6) is -0.0636. The van der Waals surface area contributed by atoms with Gasteiger partial charge in [-0.15, -0.1) is 0 Å². The standard InChI is InChI=1S/C15H27NO4S/c1-5-20-14(17)12-10-6-8-11(9-7-10)13(12)16-21(18,19)15(2,3)4/h10-13,16H,5-9H2,1-4H3/t10?,11?,12-,13+/m0/s1. The molecule has 0 heterocycles. The van der Waals surface area contributed by atoms with Crippen molar-refractivity contribution in [3.63, 3.8) is 0 Å². The Balaban J connectivity index is 2.24. The summed E-state index contributed by atoms with van der Waals surface area (Å²) in [6.07, 6.45) is 4.00. The molecule has 3 rings (SSSR count). The molecule has 0 spiro atoms. The van der Waals surface area contributed by atoms with Gasteiger partial charge in [0.15, 0.2) is 0 Å². The van der Waals surface area contributed by atoms with Crippen LogP contribution in [0.5, 0.6) is 0 Å². The summed E-state index contributed by atoms with van der Waals surface area (Å²) in [6, 6.07) is -0.305. The van der Waals surface area contributed by atoms with Crippen molar-refractivity contribution in [2.75, 3.05) is 6.61 Å². The SMILES string of the molecule is CCOC(=O)[C@H]1C2CCC(CC2)[C@H]1NS(=O)(=O)C(C)(C)C. The van der Waals surface area contributed by atoms with E-state index in [1.807, 2.05) is 0 Å². The van der Waals surface area contributed by atoms with Crippen molar-refractivity contribution in [3.8, 4) is 0 Å². The molecule has 0 radical (unpaired) electrons. The van der Waals surface area contributed by atoms with Gasteiger partial charge in [-0.25, -0.2) is 13.1 Å². The minimum Gasteiger partial charge on any atom is -0.466 e. The van der Waals surface area contributed by atoms with Crippen molar-refractivity contribution in [1.82, 2.24) is 4.72 Å². The zero-order chi connectivity index (χ0) is 15.8. The molecule has 0 aromatic carbocycles. The second kappa shape index (κ2) is 5.88. The number of ether oxygens (including phenoxy) is 1. The summed E-state index contributed by atoms with van der Waals surface area (Å²) >= 11 is 0. The van der Waals surface area contributed by atoms with Crippen molar-refractivity contribution in [1.29, 1.82) is 0 Å². The molecule has 0 aromatic rings. The maximum atomic E-state index is 12.5. The monoisotopic (exact) mass is 317 g/mol. The van der Waals surface area contributed by atoms with E-state index in [2.05, 4.69) is 4.72 Å². The van der Waals surface area contributed by atoms with Gasteiger partial charge in [0.1, 0.15) is 0 Å². The number of hydrogen-bond donors (Lipinski definition) is 1. The summed E-state index contributed by atoms with van der Waals surface area (Å²) in [7, 11) is -3.46. The molecule has 2 bridgehead atoms. The summed E-state index contributed by atoms with van der Waals surface area (Å²) in [5.41, 5.74) is 0. The third-order valence-electron chi connectivity index (χ3n) is 4.88. The van der Waals surface area contributed by atoms with Crippen LogP contribution < -0.4 is 4.72 Å². The van der Waals surface area contributed by atoms with E-state index >= 15 is 0 Å². The van der Waals surface area contributed by atoms with Gasteiger partial charge in [-0.2, -0.15) is 0 Å². The van der Waals surface area contributed by atoms with Gasteiger partial charge < -0.3 is 4.74 Å². The zero-order valence-corrected chi connectivity index (χ0v) is 14.2. The van der Waals surface area contributed by atoms with Gasteiger partial charge in [-0.3, -0.25) is 4.79 Å². The van der Waals surface area contributed by atoms with Crippen molar-refractivity contribution in [2.45, 2.75) is 64.2 Å². The van der Waals surface area contributed by atoms with Gasteiger partial charge in [-0.1, -0.05) is 0 Å². The minimum atomic E-state index is -3.46. The number of esters is 1. The number of fused-ring (bicyclic) bond motifs is 3. The van der Waals surface area contributed by atoms with Gasteiger partial charge in [0, 0.05) is 6.04 Å². The average Bonchev–Trinajstić information content (AvgIpc) is 2.38. The molecule has 3 aliphatic carbocycles. The highest BCUT2D eigenvalue weighted by Gasteiger charge is 2.50. The lowest BCUT2D eigenvalue weighted by Gasteiger charge is -2.47. The molecule has 0 aliphatic heterocycles. The number of rotatable bonds is 4. The number of hydrogen-bond acceptors (Lipinski definition) is 4. The fourth-order valence-corrected chi connectivity index (χ4v) is 4.60. The van der Waals surface area contributed by atoms with Crippen LogP contribution in [0.4, 0.5) is 0 Å². The summed E-state index contributed by atoms with van der Waals surface area (Å²) < 4.78 is 32.1. The Hall–Kier alpha value is -0.620. The molecule has 3 aliphatic rings. The van der Waals surface area contributed by atoms with E-state index in [1.54, 1.807) is 27.7 Å². The average molecular weight is 317 g/mol. The van der Waals surface area contributed by atoms with Crippen molar-refractivity contribution < 1.29 is 17.9 Å². The lowest BCUT2D eigenvalue weighted by Crippen LogP contribution is -2.58. The smallest absolute Gasteiger partial charge is 0.310 e. The predicted octanol–water partition coefficient (Wildman–Crippen LogP) is 2.07. The Labute approximate surface area is 127 Å². The molecule has 0 saturated heterocycles. The molecule has 122 valence electrons. The lowest BCUT2D eigenvalue weighted by atomic mass is 9.62. The van der Waals surface area contributed by atoms with E-state index in [0.29, 0.717) is 6.61 Å². The Morgan fingerprint density at radius 1 is 1.14 bits per heavy atom. The minimum absolute atomic E-state index is 0.242. The van der Waals surface area contributed by atoms with Crippen LogP contribution >= 0.6 is 0 Å². The van der Waals surface area contributed by atoms with E-state index < -0.39 is 14.8 Å². The van der Waals surface area contributed by atoms with E-state index in [4.69, 9.17) is 4.74 Å². The molecule has 0 amide bonds. The number of carbonyl (C=O) groups excluding carboxylic acids is 1. The fraction of sp³-hybridized carbons (Fsp3) is 0.933. The quantitative estimate of drug-likeness (QED) is 0.806. The normalized spacial score (nSPS) is 33.0. The lowest BCUT2D eigenvalue weighted by molar-refractivity contribution is -0.155. The Kier molecular flexibility index (Phi) is 4.69. The van der Waals surface area contributed by atoms with Crippen molar-refractivity contribution >= 4 is 16.0 Å². The van der Waals surface area contributed by atoms with Gasteiger partial charge in [0.05, 0.1) is 17.3 Å². The van der Waals surface area contributed by atoms with Crippen molar-refractivity contribution in [2.24, 2.45) is 17.8 Å². The van der Waals surface area contributed by atoms with E-state index in [-0.39, 0.29) is 29.8 Å². The van der Waals surface area contributed by atoms with Gasteiger partial charge in [0.2, 0.25) is 10.0 Å². The molecule has 6 heteroatoms. The van der Waals surface area contributed by atoms with Crippen LogP contribution in [0.3, 0.4) is 0 Å². The highest BCUT2D eigenvalue weighted by atomic mass is 32.2. The molecule has 1 N–H and O–H groups in total. The summed E-state index contributed by atoms with van der Waals surface area (Å²) in [6.45, 7) is 7.15. The molecule has 0 unspecified atom stereocenters. The van der Waals surface area contributed by atoms with Crippen molar-refractivity contribution in [3.05, 3.63) is 0 Å². The predicted molar refractivity (Wildman–Crippen MR) is 81.2 cm³/mol. The van der Waals surface area contributed by atoms with E-state index in [0.717, 1.165) is 25.7 Å². The van der Waals surface area contributed by atoms with Crippen LogP contribution in [0.1, 0.15) is 53.4 Å². The first-order valence-corrected chi connectivity index (χ1v) is 9.34. The summed E-state index contributed by atoms with van der Waals surface area (Å²) in [4.78, 5) is 12.3. The molecular formula is C15H27NO4S. The Bertz CT molecular complexity index is 486. The van der Waals surface area contributed by atoms with Gasteiger partial charge in [0.25, 0.3) is 0 Å². The van der Waals surface area contributed by atoms with Gasteiger partial charge >= 0.3 is 5.97 Å². The largest absolute Gasteiger partial charge is 0.466 e. The second-order valence-electron chi connectivity index (χ2n) is 7.21.